The maximum atomic E-state index is 12.2. The second-order valence-corrected chi connectivity index (χ2v) is 5.88. The third-order valence-corrected chi connectivity index (χ3v) is 4.14. The molecule has 1 amide bonds. The van der Waals surface area contributed by atoms with Gasteiger partial charge in [-0.25, -0.2) is 4.98 Å². The van der Waals surface area contributed by atoms with Crippen molar-refractivity contribution in [2.75, 3.05) is 0 Å². The number of nitrogens with zero attached hydrogens (tertiary/aromatic N) is 3. The SMILES string of the molecule is Cc1nnccc1C(=O)N[C@@H](C)c1csc(C(C)C)n1. The molecule has 2 aromatic rings. The molecule has 1 atom stereocenters. The molecule has 0 saturated heterocycles. The molecule has 0 aliphatic carbocycles. The van der Waals surface area contributed by atoms with Gasteiger partial charge < -0.3 is 5.32 Å². The molecule has 106 valence electrons. The maximum absolute atomic E-state index is 12.2. The second kappa shape index (κ2) is 6.09. The topological polar surface area (TPSA) is 67.8 Å². The molecule has 0 aliphatic rings. The van der Waals surface area contributed by atoms with E-state index in [0.29, 0.717) is 17.2 Å². The summed E-state index contributed by atoms with van der Waals surface area (Å²) in [5.41, 5.74) is 2.07. The van der Waals surface area contributed by atoms with Crippen molar-refractivity contribution in [2.45, 2.75) is 39.7 Å². The second-order valence-electron chi connectivity index (χ2n) is 4.99. The summed E-state index contributed by atoms with van der Waals surface area (Å²) >= 11 is 1.63. The molecule has 0 fully saturated rings. The zero-order valence-electron chi connectivity index (χ0n) is 12.0. The number of hydrogen-bond acceptors (Lipinski definition) is 5. The number of aromatic nitrogens is 3. The Morgan fingerprint density at radius 1 is 1.35 bits per heavy atom. The van der Waals surface area contributed by atoms with Gasteiger partial charge in [0.1, 0.15) is 0 Å². The van der Waals surface area contributed by atoms with Crippen molar-refractivity contribution in [3.8, 4) is 0 Å². The Hall–Kier alpha value is -1.82. The molecule has 2 aromatic heterocycles. The number of carbonyl (C=O) groups is 1. The first-order chi connectivity index (χ1) is 9.49. The van der Waals surface area contributed by atoms with Crippen LogP contribution in [0.2, 0.25) is 0 Å². The van der Waals surface area contributed by atoms with Crippen LogP contribution in [0.25, 0.3) is 0 Å². The highest BCUT2D eigenvalue weighted by Crippen LogP contribution is 2.22. The third-order valence-electron chi connectivity index (χ3n) is 2.97. The predicted octanol–water partition coefficient (Wildman–Crippen LogP) is 2.86. The number of carbonyl (C=O) groups excluding carboxylic acids is 1. The van der Waals surface area contributed by atoms with E-state index in [1.807, 2.05) is 12.3 Å². The van der Waals surface area contributed by atoms with Gasteiger partial charge in [0.25, 0.3) is 5.91 Å². The van der Waals surface area contributed by atoms with Crippen molar-refractivity contribution in [3.05, 3.63) is 39.6 Å². The molecule has 0 aliphatic heterocycles. The van der Waals surface area contributed by atoms with Gasteiger partial charge in [-0.05, 0) is 19.9 Å². The van der Waals surface area contributed by atoms with E-state index in [2.05, 4.69) is 34.3 Å². The first kappa shape index (κ1) is 14.6. The van der Waals surface area contributed by atoms with Gasteiger partial charge in [0.15, 0.2) is 0 Å². The lowest BCUT2D eigenvalue weighted by molar-refractivity contribution is 0.0938. The van der Waals surface area contributed by atoms with Gasteiger partial charge in [-0.2, -0.15) is 10.2 Å². The molecule has 0 bridgehead atoms. The van der Waals surface area contributed by atoms with Gasteiger partial charge >= 0.3 is 0 Å². The van der Waals surface area contributed by atoms with Gasteiger partial charge in [-0.15, -0.1) is 11.3 Å². The van der Waals surface area contributed by atoms with E-state index < -0.39 is 0 Å². The highest BCUT2D eigenvalue weighted by Gasteiger charge is 2.16. The van der Waals surface area contributed by atoms with Gasteiger partial charge in [0.05, 0.1) is 34.2 Å². The van der Waals surface area contributed by atoms with Crippen LogP contribution in [-0.4, -0.2) is 21.1 Å². The van der Waals surface area contributed by atoms with Gasteiger partial charge in [0, 0.05) is 11.3 Å². The minimum atomic E-state index is -0.149. The zero-order valence-corrected chi connectivity index (χ0v) is 12.9. The van der Waals surface area contributed by atoms with Crippen LogP contribution in [0.1, 0.15) is 59.5 Å². The molecule has 6 heteroatoms. The lowest BCUT2D eigenvalue weighted by Crippen LogP contribution is -2.27. The molecule has 2 rings (SSSR count). The minimum absolute atomic E-state index is 0.126. The summed E-state index contributed by atoms with van der Waals surface area (Å²) in [6.07, 6.45) is 1.52. The van der Waals surface area contributed by atoms with Crippen LogP contribution < -0.4 is 5.32 Å². The van der Waals surface area contributed by atoms with Gasteiger partial charge in [-0.3, -0.25) is 4.79 Å². The average molecular weight is 290 g/mol. The van der Waals surface area contributed by atoms with Crippen LogP contribution >= 0.6 is 11.3 Å². The fraction of sp³-hybridized carbons (Fsp3) is 0.429. The molecule has 20 heavy (non-hydrogen) atoms. The van der Waals surface area contributed by atoms with Gasteiger partial charge in [0.2, 0.25) is 0 Å². The number of amides is 1. The van der Waals surface area contributed by atoms with Crippen LogP contribution in [0, 0.1) is 6.92 Å². The van der Waals surface area contributed by atoms with E-state index >= 15 is 0 Å². The number of rotatable bonds is 4. The molecular formula is C14H18N4OS. The molecule has 5 nitrogen and oxygen atoms in total. The lowest BCUT2D eigenvalue weighted by Gasteiger charge is -2.12. The Labute approximate surface area is 122 Å². The molecule has 0 spiro atoms. The Kier molecular flexibility index (Phi) is 4.44. The number of thiazole rings is 1. The van der Waals surface area contributed by atoms with E-state index in [0.717, 1.165) is 10.7 Å². The number of nitrogens with one attached hydrogen (secondary N) is 1. The van der Waals surface area contributed by atoms with Crippen molar-refractivity contribution in [2.24, 2.45) is 0 Å². The summed E-state index contributed by atoms with van der Waals surface area (Å²) in [5.74, 6) is 0.257. The molecule has 1 N–H and O–H groups in total. The largest absolute Gasteiger partial charge is 0.344 e. The molecule has 0 radical (unpaired) electrons. The number of aryl methyl sites for hydroxylation is 1. The van der Waals surface area contributed by atoms with Crippen molar-refractivity contribution < 1.29 is 4.79 Å². The monoisotopic (exact) mass is 290 g/mol. The Bertz CT molecular complexity index is 609. The van der Waals surface area contributed by atoms with Crippen LogP contribution in [-0.2, 0) is 0 Å². The molecule has 0 unspecified atom stereocenters. The minimum Gasteiger partial charge on any atom is -0.344 e. The Balaban J connectivity index is 2.09. The maximum Gasteiger partial charge on any atom is 0.253 e. The van der Waals surface area contributed by atoms with Crippen molar-refractivity contribution >= 4 is 17.2 Å². The van der Waals surface area contributed by atoms with Crippen LogP contribution in [0.15, 0.2) is 17.6 Å². The first-order valence-corrected chi connectivity index (χ1v) is 7.41. The fourth-order valence-corrected chi connectivity index (χ4v) is 2.68. The highest BCUT2D eigenvalue weighted by atomic mass is 32.1. The lowest BCUT2D eigenvalue weighted by atomic mass is 10.2. The number of hydrogen-bond donors (Lipinski definition) is 1. The summed E-state index contributed by atoms with van der Waals surface area (Å²) in [6.45, 7) is 7.92. The zero-order chi connectivity index (χ0) is 14.7. The quantitative estimate of drug-likeness (QED) is 0.940. The van der Waals surface area contributed by atoms with E-state index in [-0.39, 0.29) is 11.9 Å². The van der Waals surface area contributed by atoms with Crippen LogP contribution in [0.3, 0.4) is 0 Å². The normalized spacial score (nSPS) is 12.4. The van der Waals surface area contributed by atoms with Crippen molar-refractivity contribution in [3.63, 3.8) is 0 Å². The smallest absolute Gasteiger partial charge is 0.253 e. The predicted molar refractivity (Wildman–Crippen MR) is 78.9 cm³/mol. The summed E-state index contributed by atoms with van der Waals surface area (Å²) in [4.78, 5) is 16.7. The summed E-state index contributed by atoms with van der Waals surface area (Å²) in [6, 6.07) is 1.55. The molecular weight excluding hydrogens is 272 g/mol. The van der Waals surface area contributed by atoms with Crippen LogP contribution in [0.5, 0.6) is 0 Å². The van der Waals surface area contributed by atoms with E-state index in [9.17, 15) is 4.79 Å². The fourth-order valence-electron chi connectivity index (χ4n) is 1.76. The molecule has 0 saturated carbocycles. The van der Waals surface area contributed by atoms with E-state index in [1.165, 1.54) is 6.20 Å². The molecule has 0 aromatic carbocycles. The van der Waals surface area contributed by atoms with Crippen molar-refractivity contribution in [1.29, 1.82) is 0 Å². The summed E-state index contributed by atoms with van der Waals surface area (Å²) in [5, 5.41) is 13.7. The van der Waals surface area contributed by atoms with E-state index in [4.69, 9.17) is 0 Å². The molecule has 2 heterocycles. The average Bonchev–Trinajstić information content (AvgIpc) is 2.88. The van der Waals surface area contributed by atoms with E-state index in [1.54, 1.807) is 24.3 Å². The Morgan fingerprint density at radius 2 is 2.10 bits per heavy atom. The standard InChI is InChI=1S/C14H18N4OS/c1-8(2)14-17-12(7-20-14)10(4)16-13(19)11-5-6-15-18-9(11)3/h5-8,10H,1-4H3,(H,16,19)/t10-/m0/s1. The summed E-state index contributed by atoms with van der Waals surface area (Å²) < 4.78 is 0. The third kappa shape index (κ3) is 3.19. The first-order valence-electron chi connectivity index (χ1n) is 6.53. The summed E-state index contributed by atoms with van der Waals surface area (Å²) in [7, 11) is 0. The van der Waals surface area contributed by atoms with Crippen molar-refractivity contribution in [1.82, 2.24) is 20.5 Å². The Morgan fingerprint density at radius 3 is 2.70 bits per heavy atom. The highest BCUT2D eigenvalue weighted by molar-refractivity contribution is 7.09. The van der Waals surface area contributed by atoms with Crippen LogP contribution in [0.4, 0.5) is 0 Å². The van der Waals surface area contributed by atoms with Gasteiger partial charge in [-0.1, -0.05) is 13.8 Å².